The van der Waals surface area contributed by atoms with Gasteiger partial charge in [0.25, 0.3) is 0 Å². The van der Waals surface area contributed by atoms with E-state index in [0.717, 1.165) is 12.8 Å². The summed E-state index contributed by atoms with van der Waals surface area (Å²) in [6, 6.07) is 0. The molecule has 3 nitrogen and oxygen atoms in total. The van der Waals surface area contributed by atoms with Crippen molar-refractivity contribution in [1.29, 1.82) is 0 Å². The van der Waals surface area contributed by atoms with Crippen LogP contribution in [0.2, 0.25) is 0 Å². The maximum absolute atomic E-state index is 11.1. The van der Waals surface area contributed by atoms with E-state index in [-0.39, 0.29) is 17.6 Å². The van der Waals surface area contributed by atoms with Crippen molar-refractivity contribution < 1.29 is 13.5 Å². The van der Waals surface area contributed by atoms with Crippen LogP contribution in [0.3, 0.4) is 0 Å². The van der Waals surface area contributed by atoms with E-state index >= 15 is 0 Å². The first-order chi connectivity index (χ1) is 6.02. The molecule has 0 bridgehead atoms. The van der Waals surface area contributed by atoms with Crippen molar-refractivity contribution in [2.75, 3.05) is 11.5 Å². The van der Waals surface area contributed by atoms with E-state index < -0.39 is 9.84 Å². The zero-order chi connectivity index (χ0) is 10.3. The molecule has 4 heteroatoms. The molecule has 0 radical (unpaired) electrons. The Hall–Kier alpha value is -0.0900. The average Bonchev–Trinajstić information content (AvgIpc) is 2.05. The van der Waals surface area contributed by atoms with Gasteiger partial charge in [0, 0.05) is 5.75 Å². The average molecular weight is 208 g/mol. The first-order valence-corrected chi connectivity index (χ1v) is 6.72. The molecule has 0 aliphatic carbocycles. The van der Waals surface area contributed by atoms with Gasteiger partial charge in [-0.1, -0.05) is 20.3 Å². The highest BCUT2D eigenvalue weighted by atomic mass is 32.2. The zero-order valence-corrected chi connectivity index (χ0v) is 9.31. The zero-order valence-electron chi connectivity index (χ0n) is 8.49. The van der Waals surface area contributed by atoms with Crippen molar-refractivity contribution in [3.8, 4) is 0 Å². The number of rotatable bonds is 7. The molecule has 0 heterocycles. The van der Waals surface area contributed by atoms with E-state index in [1.807, 2.05) is 6.92 Å². The Morgan fingerprint density at radius 3 is 2.31 bits per heavy atom. The second-order valence-corrected chi connectivity index (χ2v) is 5.79. The van der Waals surface area contributed by atoms with E-state index in [9.17, 15) is 13.5 Å². The molecule has 0 aliphatic rings. The van der Waals surface area contributed by atoms with Gasteiger partial charge in [-0.15, -0.1) is 0 Å². The molecule has 0 fully saturated rings. The fourth-order valence-corrected chi connectivity index (χ4v) is 2.06. The summed E-state index contributed by atoms with van der Waals surface area (Å²) in [7, 11) is -2.84. The first kappa shape index (κ1) is 12.9. The van der Waals surface area contributed by atoms with Crippen molar-refractivity contribution in [3.63, 3.8) is 0 Å². The second kappa shape index (κ2) is 6.38. The molecular formula is C9H20O3S. The minimum atomic E-state index is -2.84. The Labute approximate surface area is 81.1 Å². The van der Waals surface area contributed by atoms with Gasteiger partial charge in [0.2, 0.25) is 0 Å². The van der Waals surface area contributed by atoms with Crippen LogP contribution in [0.25, 0.3) is 0 Å². The van der Waals surface area contributed by atoms with Crippen LogP contribution in [-0.4, -0.2) is 31.1 Å². The van der Waals surface area contributed by atoms with Crippen LogP contribution in [0.1, 0.15) is 39.5 Å². The summed E-state index contributed by atoms with van der Waals surface area (Å²) in [4.78, 5) is 0. The molecule has 0 saturated heterocycles. The van der Waals surface area contributed by atoms with E-state index in [1.165, 1.54) is 0 Å². The normalized spacial score (nSPS) is 14.4. The highest BCUT2D eigenvalue weighted by molar-refractivity contribution is 7.91. The summed E-state index contributed by atoms with van der Waals surface area (Å²) >= 11 is 0. The summed E-state index contributed by atoms with van der Waals surface area (Å²) < 4.78 is 22.1. The molecule has 0 spiro atoms. The number of aliphatic hydroxyl groups is 1. The Morgan fingerprint density at radius 2 is 1.85 bits per heavy atom. The summed E-state index contributed by atoms with van der Waals surface area (Å²) in [6.07, 6.45) is 2.58. The van der Waals surface area contributed by atoms with Crippen LogP contribution in [0.5, 0.6) is 0 Å². The maximum atomic E-state index is 11.1. The van der Waals surface area contributed by atoms with Crippen molar-refractivity contribution >= 4 is 9.84 Å². The van der Waals surface area contributed by atoms with Crippen molar-refractivity contribution in [1.82, 2.24) is 0 Å². The topological polar surface area (TPSA) is 54.4 Å². The Bertz CT molecular complexity index is 209. The van der Waals surface area contributed by atoms with Gasteiger partial charge in [-0.3, -0.25) is 0 Å². The molecular weight excluding hydrogens is 188 g/mol. The quantitative estimate of drug-likeness (QED) is 0.687. The largest absolute Gasteiger partial charge is 0.393 e. The van der Waals surface area contributed by atoms with Gasteiger partial charge in [-0.25, -0.2) is 8.42 Å². The third kappa shape index (κ3) is 7.02. The molecule has 0 aliphatic heterocycles. The highest BCUT2D eigenvalue weighted by Crippen LogP contribution is 2.06. The van der Waals surface area contributed by atoms with Crippen LogP contribution in [0.4, 0.5) is 0 Å². The lowest BCUT2D eigenvalue weighted by Crippen LogP contribution is -2.12. The molecule has 0 rings (SSSR count). The lowest BCUT2D eigenvalue weighted by atomic mass is 10.1. The molecule has 0 aromatic heterocycles. The molecule has 0 aromatic rings. The Morgan fingerprint density at radius 1 is 1.23 bits per heavy atom. The third-order valence-corrected chi connectivity index (χ3v) is 3.84. The number of hydrogen-bond donors (Lipinski definition) is 1. The van der Waals surface area contributed by atoms with E-state index in [4.69, 9.17) is 0 Å². The summed E-state index contributed by atoms with van der Waals surface area (Å²) in [5.74, 6) is 0.418. The van der Waals surface area contributed by atoms with Crippen molar-refractivity contribution in [2.45, 2.75) is 45.6 Å². The molecule has 0 saturated carbocycles. The van der Waals surface area contributed by atoms with Crippen molar-refractivity contribution in [3.05, 3.63) is 0 Å². The van der Waals surface area contributed by atoms with Gasteiger partial charge in [0.05, 0.1) is 11.9 Å². The van der Waals surface area contributed by atoms with E-state index in [0.29, 0.717) is 12.8 Å². The number of hydrogen-bond acceptors (Lipinski definition) is 3. The van der Waals surface area contributed by atoms with Crippen LogP contribution >= 0.6 is 0 Å². The Kier molecular flexibility index (Phi) is 6.33. The first-order valence-electron chi connectivity index (χ1n) is 4.90. The standard InChI is InChI=1S/C9H20O3S/c1-3-6-9(10)7-5-8-13(11,12)4-2/h9-10H,3-8H2,1-2H3. The smallest absolute Gasteiger partial charge is 0.150 e. The minimum absolute atomic E-state index is 0.205. The fraction of sp³-hybridized carbons (Fsp3) is 1.00. The second-order valence-electron chi connectivity index (χ2n) is 3.32. The van der Waals surface area contributed by atoms with Gasteiger partial charge in [-0.2, -0.15) is 0 Å². The van der Waals surface area contributed by atoms with Gasteiger partial charge >= 0.3 is 0 Å². The molecule has 1 N–H and O–H groups in total. The SMILES string of the molecule is CCCC(O)CCCS(=O)(=O)CC. The fourth-order valence-electron chi connectivity index (χ4n) is 1.16. The van der Waals surface area contributed by atoms with Gasteiger partial charge < -0.3 is 5.11 Å². The molecule has 1 unspecified atom stereocenters. The molecule has 13 heavy (non-hydrogen) atoms. The monoisotopic (exact) mass is 208 g/mol. The third-order valence-electron chi connectivity index (χ3n) is 2.05. The molecule has 1 atom stereocenters. The lowest BCUT2D eigenvalue weighted by Gasteiger charge is -2.08. The van der Waals surface area contributed by atoms with Gasteiger partial charge in [0.1, 0.15) is 9.84 Å². The lowest BCUT2D eigenvalue weighted by molar-refractivity contribution is 0.153. The van der Waals surface area contributed by atoms with Crippen LogP contribution in [-0.2, 0) is 9.84 Å². The van der Waals surface area contributed by atoms with Crippen LogP contribution in [0.15, 0.2) is 0 Å². The predicted molar refractivity (Wildman–Crippen MR) is 54.5 cm³/mol. The molecule has 80 valence electrons. The number of aliphatic hydroxyl groups excluding tert-OH is 1. The molecule has 0 aromatic carbocycles. The van der Waals surface area contributed by atoms with Crippen LogP contribution < -0.4 is 0 Å². The van der Waals surface area contributed by atoms with Gasteiger partial charge in [0.15, 0.2) is 0 Å². The molecule has 0 amide bonds. The summed E-state index contributed by atoms with van der Waals surface area (Å²) in [5, 5.41) is 9.32. The van der Waals surface area contributed by atoms with Crippen molar-refractivity contribution in [2.24, 2.45) is 0 Å². The maximum Gasteiger partial charge on any atom is 0.150 e. The summed E-state index contributed by atoms with van der Waals surface area (Å²) in [5.41, 5.74) is 0. The Balaban J connectivity index is 3.56. The minimum Gasteiger partial charge on any atom is -0.393 e. The number of sulfone groups is 1. The van der Waals surface area contributed by atoms with E-state index in [1.54, 1.807) is 6.92 Å². The highest BCUT2D eigenvalue weighted by Gasteiger charge is 2.09. The van der Waals surface area contributed by atoms with E-state index in [2.05, 4.69) is 0 Å². The van der Waals surface area contributed by atoms with Gasteiger partial charge in [-0.05, 0) is 19.3 Å². The van der Waals surface area contributed by atoms with Crippen LogP contribution in [0, 0.1) is 0 Å². The summed E-state index contributed by atoms with van der Waals surface area (Å²) in [6.45, 7) is 3.66. The predicted octanol–water partition coefficient (Wildman–Crippen LogP) is 1.36.